The van der Waals surface area contributed by atoms with Crippen LogP contribution >= 0.6 is 0 Å². The number of hydrogen-bond acceptors (Lipinski definition) is 6. The number of amides is 2. The number of fused-ring (bicyclic) bond motifs is 1. The lowest BCUT2D eigenvalue weighted by atomic mass is 10.1. The van der Waals surface area contributed by atoms with Crippen molar-refractivity contribution < 1.29 is 33.4 Å². The number of carboxylic acid groups (broad SMARTS) is 1. The summed E-state index contributed by atoms with van der Waals surface area (Å²) in [7, 11) is 0. The van der Waals surface area contributed by atoms with E-state index >= 15 is 0 Å². The second kappa shape index (κ2) is 7.29. The zero-order chi connectivity index (χ0) is 20.6. The summed E-state index contributed by atoms with van der Waals surface area (Å²) < 4.78 is 24.4. The molecule has 0 radical (unpaired) electrons. The van der Waals surface area contributed by atoms with Gasteiger partial charge in [-0.2, -0.15) is 0 Å². The van der Waals surface area contributed by atoms with E-state index in [1.807, 2.05) is 0 Å². The number of halogens is 1. The van der Waals surface area contributed by atoms with Crippen LogP contribution in [0.5, 0.6) is 0 Å². The van der Waals surface area contributed by atoms with Gasteiger partial charge in [0.2, 0.25) is 0 Å². The number of likely N-dealkylation sites (tertiary alicyclic amines) is 1. The van der Waals surface area contributed by atoms with Crippen LogP contribution in [0.2, 0.25) is 0 Å². The zero-order valence-electron chi connectivity index (χ0n) is 15.9. The SMILES string of the molecule is CC(C)(C)OC(=O)N1C[C@H](OC(=O)N2Cc3cccc(F)c3C2)C[C@H]1C(=O)[O-]. The van der Waals surface area contributed by atoms with Crippen molar-refractivity contribution in [2.45, 2.75) is 58.0 Å². The largest absolute Gasteiger partial charge is 0.548 e. The summed E-state index contributed by atoms with van der Waals surface area (Å²) >= 11 is 0. The third kappa shape index (κ3) is 4.18. The molecule has 28 heavy (non-hydrogen) atoms. The first-order valence-electron chi connectivity index (χ1n) is 8.97. The van der Waals surface area contributed by atoms with E-state index in [0.717, 1.165) is 4.90 Å². The molecule has 0 bridgehead atoms. The fourth-order valence-corrected chi connectivity index (χ4v) is 3.36. The lowest BCUT2D eigenvalue weighted by Gasteiger charge is -2.28. The number of aliphatic carboxylic acids is 1. The summed E-state index contributed by atoms with van der Waals surface area (Å²) in [6.07, 6.45) is -2.42. The summed E-state index contributed by atoms with van der Waals surface area (Å²) in [5.41, 5.74) is 0.341. The van der Waals surface area contributed by atoms with Crippen LogP contribution in [0.15, 0.2) is 18.2 Å². The number of hydrogen-bond donors (Lipinski definition) is 0. The Balaban J connectivity index is 1.63. The van der Waals surface area contributed by atoms with Crippen molar-refractivity contribution in [1.29, 1.82) is 0 Å². The van der Waals surface area contributed by atoms with Gasteiger partial charge in [0.15, 0.2) is 0 Å². The normalized spacial score (nSPS) is 21.4. The molecule has 2 aliphatic rings. The minimum atomic E-state index is -1.44. The predicted octanol–water partition coefficient (Wildman–Crippen LogP) is 1.41. The van der Waals surface area contributed by atoms with Crippen LogP contribution in [-0.4, -0.2) is 52.2 Å². The number of ether oxygens (including phenoxy) is 2. The lowest BCUT2D eigenvalue weighted by molar-refractivity contribution is -0.310. The van der Waals surface area contributed by atoms with E-state index in [9.17, 15) is 23.9 Å². The van der Waals surface area contributed by atoms with Crippen LogP contribution in [0.25, 0.3) is 0 Å². The highest BCUT2D eigenvalue weighted by atomic mass is 19.1. The molecule has 0 aromatic heterocycles. The molecular formula is C19H22FN2O6-. The average molecular weight is 393 g/mol. The highest BCUT2D eigenvalue weighted by Crippen LogP contribution is 2.28. The fraction of sp³-hybridized carbons (Fsp3) is 0.526. The smallest absolute Gasteiger partial charge is 0.410 e. The zero-order valence-corrected chi connectivity index (χ0v) is 15.9. The summed E-state index contributed by atoms with van der Waals surface area (Å²) in [4.78, 5) is 38.4. The fourth-order valence-electron chi connectivity index (χ4n) is 3.36. The maximum absolute atomic E-state index is 13.8. The van der Waals surface area contributed by atoms with Gasteiger partial charge in [-0.05, 0) is 32.4 Å². The standard InChI is InChI=1S/C19H23FN2O6/c1-19(2,3)28-18(26)22-9-12(7-15(22)16(23)24)27-17(25)21-8-11-5-4-6-14(20)13(11)10-21/h4-6,12,15H,7-10H2,1-3H3,(H,23,24)/p-1/t12-,15+/m1/s1. The minimum Gasteiger partial charge on any atom is -0.548 e. The van der Waals surface area contributed by atoms with Crippen LogP contribution in [0.3, 0.4) is 0 Å². The number of rotatable bonds is 2. The second-order valence-electron chi connectivity index (χ2n) is 7.94. The Kier molecular flexibility index (Phi) is 5.18. The average Bonchev–Trinajstić information content (AvgIpc) is 3.18. The third-order valence-electron chi connectivity index (χ3n) is 4.61. The number of carbonyl (C=O) groups is 3. The summed E-state index contributed by atoms with van der Waals surface area (Å²) in [6.45, 7) is 5.16. The van der Waals surface area contributed by atoms with Crippen LogP contribution in [0.4, 0.5) is 14.0 Å². The Morgan fingerprint density at radius 1 is 1.18 bits per heavy atom. The van der Waals surface area contributed by atoms with E-state index in [2.05, 4.69) is 0 Å². The van der Waals surface area contributed by atoms with Crippen molar-refractivity contribution >= 4 is 18.2 Å². The van der Waals surface area contributed by atoms with Crippen molar-refractivity contribution in [3.05, 3.63) is 35.1 Å². The van der Waals surface area contributed by atoms with Crippen LogP contribution < -0.4 is 5.11 Å². The summed E-state index contributed by atoms with van der Waals surface area (Å²) in [6, 6.07) is 3.38. The molecule has 0 saturated carbocycles. The maximum atomic E-state index is 13.8. The predicted molar refractivity (Wildman–Crippen MR) is 92.3 cm³/mol. The maximum Gasteiger partial charge on any atom is 0.410 e. The topological polar surface area (TPSA) is 99.2 Å². The molecule has 1 aromatic carbocycles. The van der Waals surface area contributed by atoms with Crippen LogP contribution in [-0.2, 0) is 27.4 Å². The molecule has 152 valence electrons. The van der Waals surface area contributed by atoms with E-state index in [1.54, 1.807) is 32.9 Å². The molecule has 2 heterocycles. The van der Waals surface area contributed by atoms with Crippen molar-refractivity contribution in [3.63, 3.8) is 0 Å². The molecule has 1 saturated heterocycles. The molecule has 2 atom stereocenters. The van der Waals surface area contributed by atoms with Gasteiger partial charge in [-0.25, -0.2) is 14.0 Å². The van der Waals surface area contributed by atoms with E-state index in [-0.39, 0.29) is 31.9 Å². The molecule has 1 aromatic rings. The molecule has 2 amide bonds. The van der Waals surface area contributed by atoms with Gasteiger partial charge in [0, 0.05) is 18.5 Å². The van der Waals surface area contributed by atoms with E-state index < -0.39 is 35.9 Å². The van der Waals surface area contributed by atoms with Gasteiger partial charge in [-0.1, -0.05) is 12.1 Å². The molecule has 8 nitrogen and oxygen atoms in total. The Hall–Kier alpha value is -2.84. The van der Waals surface area contributed by atoms with Crippen LogP contribution in [0, 0.1) is 5.82 Å². The quantitative estimate of drug-likeness (QED) is 0.753. The first-order chi connectivity index (χ1) is 13.0. The molecule has 0 N–H and O–H groups in total. The first kappa shape index (κ1) is 19.9. The van der Waals surface area contributed by atoms with Crippen molar-refractivity contribution in [3.8, 4) is 0 Å². The van der Waals surface area contributed by atoms with Crippen LogP contribution in [0.1, 0.15) is 38.3 Å². The molecule has 2 aliphatic heterocycles. The van der Waals surface area contributed by atoms with Gasteiger partial charge in [0.25, 0.3) is 0 Å². The Morgan fingerprint density at radius 2 is 1.89 bits per heavy atom. The van der Waals surface area contributed by atoms with Gasteiger partial charge in [-0.3, -0.25) is 9.80 Å². The van der Waals surface area contributed by atoms with E-state index in [1.165, 1.54) is 11.0 Å². The molecule has 3 rings (SSSR count). The molecule has 9 heteroatoms. The van der Waals surface area contributed by atoms with Crippen molar-refractivity contribution in [1.82, 2.24) is 9.80 Å². The summed E-state index contributed by atoms with van der Waals surface area (Å²) in [5, 5.41) is 11.4. The molecule has 0 spiro atoms. The van der Waals surface area contributed by atoms with Gasteiger partial charge >= 0.3 is 12.2 Å². The van der Waals surface area contributed by atoms with E-state index in [0.29, 0.717) is 11.1 Å². The Morgan fingerprint density at radius 3 is 2.50 bits per heavy atom. The van der Waals surface area contributed by atoms with Gasteiger partial charge in [0.05, 0.1) is 25.1 Å². The van der Waals surface area contributed by atoms with Gasteiger partial charge in [0.1, 0.15) is 17.5 Å². The highest BCUT2D eigenvalue weighted by molar-refractivity contribution is 5.80. The number of carboxylic acids is 1. The van der Waals surface area contributed by atoms with E-state index in [4.69, 9.17) is 9.47 Å². The summed E-state index contributed by atoms with van der Waals surface area (Å²) in [5.74, 6) is -1.83. The molecular weight excluding hydrogens is 371 g/mol. The van der Waals surface area contributed by atoms with Crippen molar-refractivity contribution in [2.75, 3.05) is 6.54 Å². The Bertz CT molecular complexity index is 806. The lowest BCUT2D eigenvalue weighted by Crippen LogP contribution is -2.48. The number of benzene rings is 1. The molecule has 0 unspecified atom stereocenters. The third-order valence-corrected chi connectivity index (χ3v) is 4.61. The molecule has 1 fully saturated rings. The van der Waals surface area contributed by atoms with Gasteiger partial charge < -0.3 is 19.4 Å². The number of nitrogens with zero attached hydrogens (tertiary/aromatic N) is 2. The highest BCUT2D eigenvalue weighted by Gasteiger charge is 2.41. The van der Waals surface area contributed by atoms with Crippen molar-refractivity contribution in [2.24, 2.45) is 0 Å². The molecule has 0 aliphatic carbocycles. The minimum absolute atomic E-state index is 0.0766. The van der Waals surface area contributed by atoms with Gasteiger partial charge in [-0.15, -0.1) is 0 Å². The first-order valence-corrected chi connectivity index (χ1v) is 8.97. The number of carbonyl (C=O) groups excluding carboxylic acids is 3. The Labute approximate surface area is 161 Å². The second-order valence-corrected chi connectivity index (χ2v) is 7.94. The monoisotopic (exact) mass is 393 g/mol.